The maximum atomic E-state index is 7.83. The second-order valence-corrected chi connectivity index (χ2v) is 0. The second-order valence-electron chi connectivity index (χ2n) is 0. The average molecular weight is 323 g/mol. The van der Waals surface area contributed by atoms with Gasteiger partial charge in [-0.2, -0.15) is 14.1 Å². The first kappa shape index (κ1) is 24.2. The molecule has 0 spiro atoms. The monoisotopic (exact) mass is 324 g/mol. The SMILES string of the molecule is O=S.P.[Eu].[Y]. The summed E-state index contributed by atoms with van der Waals surface area (Å²) in [4.78, 5) is 0. The standard InChI is InChI=1S/Eu.OS.H3P.Y/c;1-2;;/h;;1H3;. The smallest absolute Gasteiger partial charge is 0.197 e. The van der Waals surface area contributed by atoms with Crippen LogP contribution in [0.1, 0.15) is 0 Å². The van der Waals surface area contributed by atoms with Gasteiger partial charge in [0.2, 0.25) is 0 Å². The van der Waals surface area contributed by atoms with Gasteiger partial charge in [0.15, 0.2) is 12.5 Å². The fourth-order valence-corrected chi connectivity index (χ4v) is 0. The Hall–Kier alpha value is 3.14. The largest absolute Gasteiger partial charge is 0.197 e. The molecule has 5 heavy (non-hydrogen) atoms. The van der Waals surface area contributed by atoms with Crippen LogP contribution in [0.3, 0.4) is 0 Å². The van der Waals surface area contributed by atoms with Crippen LogP contribution in [0.5, 0.6) is 0 Å². The molecule has 0 aromatic rings. The van der Waals surface area contributed by atoms with Crippen LogP contribution >= 0.6 is 9.90 Å². The van der Waals surface area contributed by atoms with Crippen molar-refractivity contribution in [1.82, 2.24) is 0 Å². The molecule has 1 unspecified atom stereocenters. The van der Waals surface area contributed by atoms with E-state index in [4.69, 9.17) is 4.21 Å². The number of hydrogen-bond acceptors (Lipinski definition) is 2. The number of rotatable bonds is 0. The van der Waals surface area contributed by atoms with E-state index in [0.717, 1.165) is 0 Å². The van der Waals surface area contributed by atoms with Crippen molar-refractivity contribution >= 4 is 22.4 Å². The van der Waals surface area contributed by atoms with Gasteiger partial charge in [-0.3, -0.25) is 0 Å². The molecule has 0 aromatic carbocycles. The summed E-state index contributed by atoms with van der Waals surface area (Å²) in [5.74, 6) is 0. The van der Waals surface area contributed by atoms with Gasteiger partial charge in [-0.15, -0.1) is 0 Å². The van der Waals surface area contributed by atoms with Gasteiger partial charge in [-0.1, -0.05) is 0 Å². The Balaban J connectivity index is -0.00000000167. The van der Waals surface area contributed by atoms with Crippen LogP contribution in [0.2, 0.25) is 0 Å². The molecule has 0 aliphatic heterocycles. The van der Waals surface area contributed by atoms with Gasteiger partial charge >= 0.3 is 0 Å². The molecule has 0 heterocycles. The van der Waals surface area contributed by atoms with Crippen LogP contribution in [0.25, 0.3) is 0 Å². The topological polar surface area (TPSA) is 17.1 Å². The van der Waals surface area contributed by atoms with Crippen molar-refractivity contribution < 1.29 is 86.3 Å². The zero-order valence-electron chi connectivity index (χ0n) is 2.48. The van der Waals surface area contributed by atoms with E-state index in [0.29, 0.717) is 0 Å². The van der Waals surface area contributed by atoms with Crippen molar-refractivity contribution in [2.45, 2.75) is 0 Å². The van der Waals surface area contributed by atoms with Gasteiger partial charge in [0.05, 0.1) is 0 Å². The zero-order chi connectivity index (χ0) is 2.00. The third-order valence-electron chi connectivity index (χ3n) is 0. The molecule has 1 atom stereocenters. The minimum atomic E-state index is 0. The molecule has 5 heteroatoms. The zero-order valence-corrected chi connectivity index (χ0v) is 9.97. The molecule has 0 saturated heterocycles. The van der Waals surface area contributed by atoms with E-state index < -0.39 is 0 Å². The molecule has 0 bridgehead atoms. The van der Waals surface area contributed by atoms with Crippen molar-refractivity contribution in [3.63, 3.8) is 0 Å². The first-order valence-electron chi connectivity index (χ1n) is 0.167. The van der Waals surface area contributed by atoms with Crippen LogP contribution in [-0.2, 0) is 45.2 Å². The maximum absolute atomic E-state index is 7.83. The van der Waals surface area contributed by atoms with Gasteiger partial charge in [-0.25, -0.2) is 0 Å². The summed E-state index contributed by atoms with van der Waals surface area (Å²) < 4.78 is 7.83. The Morgan fingerprint density at radius 2 is 1.20 bits per heavy atom. The quantitative estimate of drug-likeness (QED) is 0.571. The van der Waals surface area contributed by atoms with E-state index in [-0.39, 0.29) is 92.0 Å². The molecule has 0 rings (SSSR count). The summed E-state index contributed by atoms with van der Waals surface area (Å²) in [6.45, 7) is 0. The normalized spacial score (nSPS) is 0.800. The third kappa shape index (κ3) is 19.1. The summed E-state index contributed by atoms with van der Waals surface area (Å²) in [5, 5.41) is 0. The Labute approximate surface area is 106 Å². The molecule has 2 radical (unpaired) electrons. The van der Waals surface area contributed by atoms with Crippen molar-refractivity contribution in [2.24, 2.45) is 0 Å². The predicted molar refractivity (Wildman–Crippen MR) is 19.2 cm³/mol. The number of hydrogen-bond donors (Lipinski definition) is 0. The second kappa shape index (κ2) is 27.3. The van der Waals surface area contributed by atoms with Crippen LogP contribution in [0.15, 0.2) is 0 Å². The van der Waals surface area contributed by atoms with Crippen molar-refractivity contribution in [2.75, 3.05) is 0 Å². The van der Waals surface area contributed by atoms with E-state index in [1.54, 1.807) is 0 Å². The summed E-state index contributed by atoms with van der Waals surface area (Å²) in [5.41, 5.74) is 0. The summed E-state index contributed by atoms with van der Waals surface area (Å²) >= 11 is 2.83. The van der Waals surface area contributed by atoms with Crippen LogP contribution in [0.4, 0.5) is 0 Å². The predicted octanol–water partition coefficient (Wildman–Crippen LogP) is -0.281. The Kier molecular flexibility index (Phi) is 132. The van der Waals surface area contributed by atoms with E-state index >= 15 is 0 Å². The first-order chi connectivity index (χ1) is 1.00. The van der Waals surface area contributed by atoms with E-state index in [9.17, 15) is 0 Å². The fourth-order valence-electron chi connectivity index (χ4n) is 0. The molecule has 0 N–H and O–H groups in total. The van der Waals surface area contributed by atoms with Crippen LogP contribution in [-0.4, -0.2) is 4.21 Å². The van der Waals surface area contributed by atoms with E-state index in [1.165, 1.54) is 0 Å². The Bertz CT molecular complexity index is 11.6. The molecule has 1 nitrogen and oxygen atoms in total. The molecular formula is H3EuOPSY. The molecule has 0 fully saturated rings. The minimum absolute atomic E-state index is 0. The fraction of sp³-hybridized carbons (Fsp3) is 0. The molecule has 0 saturated carbocycles. The first-order valence-corrected chi connectivity index (χ1v) is 0.500. The Morgan fingerprint density at radius 3 is 1.20 bits per heavy atom. The van der Waals surface area contributed by atoms with Crippen molar-refractivity contribution in [3.8, 4) is 0 Å². The van der Waals surface area contributed by atoms with Crippen molar-refractivity contribution in [3.05, 3.63) is 0 Å². The Morgan fingerprint density at radius 1 is 1.20 bits per heavy atom. The van der Waals surface area contributed by atoms with Crippen LogP contribution < -0.4 is 0 Å². The van der Waals surface area contributed by atoms with Gasteiger partial charge in [0.25, 0.3) is 0 Å². The molecule has 0 aromatic heterocycles. The summed E-state index contributed by atoms with van der Waals surface area (Å²) in [6.07, 6.45) is 0. The summed E-state index contributed by atoms with van der Waals surface area (Å²) in [6, 6.07) is 0. The van der Waals surface area contributed by atoms with E-state index in [2.05, 4.69) is 12.5 Å². The maximum Gasteiger partial charge on any atom is 0.197 e. The van der Waals surface area contributed by atoms with Gasteiger partial charge in [-0.05, 0) is 0 Å². The van der Waals surface area contributed by atoms with Crippen molar-refractivity contribution in [1.29, 1.82) is 0 Å². The molecule has 0 aliphatic rings. The minimum Gasteiger partial charge on any atom is -0.197 e. The molecule has 30 valence electrons. The van der Waals surface area contributed by atoms with Gasteiger partial charge in [0.1, 0.15) is 0 Å². The van der Waals surface area contributed by atoms with E-state index in [1.807, 2.05) is 0 Å². The summed E-state index contributed by atoms with van der Waals surface area (Å²) in [7, 11) is 0. The molecule has 0 aliphatic carbocycles. The van der Waals surface area contributed by atoms with Gasteiger partial charge < -0.3 is 0 Å². The molecular weight excluding hydrogens is 320 g/mol. The third-order valence-corrected chi connectivity index (χ3v) is 0. The van der Waals surface area contributed by atoms with Crippen LogP contribution in [0, 0.1) is 49.4 Å². The average Bonchev–Trinajstić information content (AvgIpc) is 1.00. The van der Waals surface area contributed by atoms with Gasteiger partial charge in [0, 0.05) is 82.1 Å². The molecule has 0 amide bonds.